The van der Waals surface area contributed by atoms with Gasteiger partial charge in [0.15, 0.2) is 0 Å². The maximum absolute atomic E-state index is 13.6. The molecule has 0 fully saturated rings. The Kier molecular flexibility index (Phi) is 5.00. The summed E-state index contributed by atoms with van der Waals surface area (Å²) in [6, 6.07) is 2.41. The second kappa shape index (κ2) is 6.50. The van der Waals surface area contributed by atoms with E-state index in [0.717, 1.165) is 6.07 Å². The Morgan fingerprint density at radius 3 is 2.89 bits per heavy atom. The van der Waals surface area contributed by atoms with Crippen LogP contribution in [0, 0.1) is 18.2 Å². The minimum absolute atomic E-state index is 0.0146. The van der Waals surface area contributed by atoms with Crippen molar-refractivity contribution < 1.29 is 18.7 Å². The molecule has 0 spiro atoms. The molecule has 0 unspecified atom stereocenters. The Balaban J connectivity index is 3.02. The fourth-order valence-corrected chi connectivity index (χ4v) is 1.29. The fourth-order valence-electron chi connectivity index (χ4n) is 1.29. The van der Waals surface area contributed by atoms with Gasteiger partial charge in [-0.05, 0) is 18.6 Å². The summed E-state index contributed by atoms with van der Waals surface area (Å²) >= 11 is 0. The van der Waals surface area contributed by atoms with Crippen LogP contribution in [-0.2, 0) is 4.74 Å². The number of halogens is 1. The van der Waals surface area contributed by atoms with E-state index in [1.54, 1.807) is 0 Å². The minimum Gasteiger partial charge on any atom is -0.479 e. The van der Waals surface area contributed by atoms with Crippen LogP contribution in [0.2, 0.25) is 0 Å². The van der Waals surface area contributed by atoms with Crippen LogP contribution >= 0.6 is 0 Å². The first-order valence-electron chi connectivity index (χ1n) is 5.43. The number of ether oxygens (including phenoxy) is 2. The van der Waals surface area contributed by atoms with Gasteiger partial charge in [0.25, 0.3) is 0 Å². The largest absolute Gasteiger partial charge is 0.479 e. The van der Waals surface area contributed by atoms with Crippen LogP contribution in [-0.4, -0.2) is 19.2 Å². The summed E-state index contributed by atoms with van der Waals surface area (Å²) in [6.07, 6.45) is 5.68. The van der Waals surface area contributed by atoms with Crippen molar-refractivity contribution in [3.05, 3.63) is 23.5 Å². The van der Waals surface area contributed by atoms with Gasteiger partial charge in [0.05, 0.1) is 12.3 Å². The highest BCUT2D eigenvalue weighted by atomic mass is 19.1. The van der Waals surface area contributed by atoms with E-state index in [2.05, 4.69) is 5.92 Å². The van der Waals surface area contributed by atoms with Crippen LogP contribution in [0.5, 0.6) is 5.75 Å². The molecule has 2 N–H and O–H groups in total. The first kappa shape index (κ1) is 13.8. The zero-order chi connectivity index (χ0) is 13.5. The Labute approximate surface area is 105 Å². The van der Waals surface area contributed by atoms with Gasteiger partial charge in [0, 0.05) is 0 Å². The van der Waals surface area contributed by atoms with Gasteiger partial charge in [-0.25, -0.2) is 9.18 Å². The highest BCUT2D eigenvalue weighted by Gasteiger charge is 2.20. The fraction of sp³-hybridized carbons (Fsp3) is 0.308. The molecule has 18 heavy (non-hydrogen) atoms. The molecule has 0 heterocycles. The van der Waals surface area contributed by atoms with Crippen LogP contribution in [0.15, 0.2) is 12.1 Å². The average molecular weight is 251 g/mol. The van der Waals surface area contributed by atoms with Crippen LogP contribution in [0.3, 0.4) is 0 Å². The molecule has 0 amide bonds. The Hall–Kier alpha value is -2.22. The summed E-state index contributed by atoms with van der Waals surface area (Å²) in [5.74, 6) is 0.862. The van der Waals surface area contributed by atoms with E-state index < -0.39 is 11.8 Å². The summed E-state index contributed by atoms with van der Waals surface area (Å²) in [5, 5.41) is 0. The van der Waals surface area contributed by atoms with Crippen molar-refractivity contribution in [3.8, 4) is 18.1 Å². The van der Waals surface area contributed by atoms with Crippen molar-refractivity contribution in [2.24, 2.45) is 0 Å². The van der Waals surface area contributed by atoms with E-state index >= 15 is 0 Å². The highest BCUT2D eigenvalue weighted by Crippen LogP contribution is 2.28. The number of nitrogens with two attached hydrogens (primary N) is 1. The molecule has 0 bridgehead atoms. The summed E-state index contributed by atoms with van der Waals surface area (Å²) < 4.78 is 23.5. The Morgan fingerprint density at radius 2 is 2.28 bits per heavy atom. The van der Waals surface area contributed by atoms with Gasteiger partial charge in [0.2, 0.25) is 0 Å². The lowest BCUT2D eigenvalue weighted by Gasteiger charge is -2.11. The molecule has 0 aromatic heterocycles. The van der Waals surface area contributed by atoms with Crippen molar-refractivity contribution >= 4 is 11.7 Å². The van der Waals surface area contributed by atoms with Gasteiger partial charge in [0.1, 0.15) is 23.7 Å². The highest BCUT2D eigenvalue weighted by molar-refractivity contribution is 5.96. The van der Waals surface area contributed by atoms with Crippen molar-refractivity contribution in [1.82, 2.24) is 0 Å². The average Bonchev–Trinajstić information content (AvgIpc) is 2.35. The number of hydrogen-bond donors (Lipinski definition) is 1. The third-order valence-corrected chi connectivity index (χ3v) is 2.11. The van der Waals surface area contributed by atoms with E-state index in [9.17, 15) is 9.18 Å². The number of nitrogen functional groups attached to an aromatic ring is 1. The zero-order valence-electron chi connectivity index (χ0n) is 10.0. The van der Waals surface area contributed by atoms with Crippen molar-refractivity contribution in [1.29, 1.82) is 0 Å². The van der Waals surface area contributed by atoms with Gasteiger partial charge >= 0.3 is 5.97 Å². The molecule has 1 aromatic carbocycles. The summed E-state index contributed by atoms with van der Waals surface area (Å²) in [6.45, 7) is 2.02. The Morgan fingerprint density at radius 1 is 1.56 bits per heavy atom. The van der Waals surface area contributed by atoms with E-state index in [4.69, 9.17) is 21.6 Å². The number of hydrogen-bond acceptors (Lipinski definition) is 4. The normalized spacial score (nSPS) is 9.61. The second-order valence-electron chi connectivity index (χ2n) is 3.46. The van der Waals surface area contributed by atoms with Crippen molar-refractivity contribution in [2.45, 2.75) is 13.3 Å². The van der Waals surface area contributed by atoms with Gasteiger partial charge in [-0.2, -0.15) is 0 Å². The third-order valence-electron chi connectivity index (χ3n) is 2.11. The molecular weight excluding hydrogens is 237 g/mol. The Bertz CT molecular complexity index is 480. The predicted molar refractivity (Wildman–Crippen MR) is 65.7 cm³/mol. The molecule has 0 saturated heterocycles. The number of rotatable bonds is 5. The molecule has 0 atom stereocenters. The maximum Gasteiger partial charge on any atom is 0.343 e. The van der Waals surface area contributed by atoms with Crippen molar-refractivity contribution in [3.63, 3.8) is 0 Å². The van der Waals surface area contributed by atoms with E-state index in [-0.39, 0.29) is 30.2 Å². The van der Waals surface area contributed by atoms with Crippen LogP contribution in [0.4, 0.5) is 10.1 Å². The zero-order valence-corrected chi connectivity index (χ0v) is 10.0. The molecule has 0 aliphatic rings. The predicted octanol–water partition coefficient (Wildman–Crippen LogP) is 1.99. The lowest BCUT2D eigenvalue weighted by molar-refractivity contribution is 0.0500. The molecule has 96 valence electrons. The maximum atomic E-state index is 13.6. The lowest BCUT2D eigenvalue weighted by atomic mass is 10.1. The molecule has 0 saturated carbocycles. The number of anilines is 1. The quantitative estimate of drug-likeness (QED) is 0.494. The van der Waals surface area contributed by atoms with Gasteiger partial charge in [-0.1, -0.05) is 12.8 Å². The van der Waals surface area contributed by atoms with Gasteiger partial charge in [-0.3, -0.25) is 0 Å². The topological polar surface area (TPSA) is 61.5 Å². The first-order valence-corrected chi connectivity index (χ1v) is 5.43. The number of carbonyl (C=O) groups excluding carboxylic acids is 1. The van der Waals surface area contributed by atoms with E-state index in [1.165, 1.54) is 6.07 Å². The van der Waals surface area contributed by atoms with E-state index in [1.807, 2.05) is 6.92 Å². The summed E-state index contributed by atoms with van der Waals surface area (Å²) in [4.78, 5) is 11.6. The summed E-state index contributed by atoms with van der Waals surface area (Å²) in [5.41, 5.74) is 5.24. The smallest absolute Gasteiger partial charge is 0.343 e. The van der Waals surface area contributed by atoms with Crippen LogP contribution in [0.25, 0.3) is 0 Å². The minimum atomic E-state index is -0.807. The van der Waals surface area contributed by atoms with Gasteiger partial charge in [-0.15, -0.1) is 6.42 Å². The number of esters is 1. The van der Waals surface area contributed by atoms with Gasteiger partial charge < -0.3 is 15.2 Å². The molecule has 4 nitrogen and oxygen atoms in total. The van der Waals surface area contributed by atoms with Crippen molar-refractivity contribution in [2.75, 3.05) is 18.9 Å². The SMILES string of the molecule is C#CCOc1ccc(F)c(C(=O)OCCC)c1N. The molecule has 0 aliphatic carbocycles. The summed E-state index contributed by atoms with van der Waals surface area (Å²) in [7, 11) is 0. The molecule has 1 rings (SSSR count). The van der Waals surface area contributed by atoms with Crippen LogP contribution < -0.4 is 10.5 Å². The molecular formula is C13H14FNO3. The molecule has 5 heteroatoms. The molecule has 0 aliphatic heterocycles. The monoisotopic (exact) mass is 251 g/mol. The first-order chi connectivity index (χ1) is 8.61. The molecule has 1 aromatic rings. The number of carbonyl (C=O) groups is 1. The third kappa shape index (κ3) is 3.14. The van der Waals surface area contributed by atoms with E-state index in [0.29, 0.717) is 6.42 Å². The standard InChI is InChI=1S/C13H14FNO3/c1-3-7-17-10-6-5-9(14)11(12(10)15)13(16)18-8-4-2/h1,5-6H,4,7-8,15H2,2H3. The number of terminal acetylenes is 1. The molecule has 0 radical (unpaired) electrons. The lowest BCUT2D eigenvalue weighted by Crippen LogP contribution is -2.12. The van der Waals surface area contributed by atoms with Crippen LogP contribution in [0.1, 0.15) is 23.7 Å². The number of benzene rings is 1. The second-order valence-corrected chi connectivity index (χ2v) is 3.46.